The first kappa shape index (κ1) is 11.6. The monoisotopic (exact) mass is 213 g/mol. The van der Waals surface area contributed by atoms with Crippen LogP contribution >= 0.6 is 0 Å². The smallest absolute Gasteiger partial charge is 0.266 e. The van der Waals surface area contributed by atoms with Crippen LogP contribution in [0.4, 0.5) is 14.6 Å². The van der Waals surface area contributed by atoms with Crippen LogP contribution in [0.2, 0.25) is 0 Å². The van der Waals surface area contributed by atoms with E-state index in [2.05, 4.69) is 9.97 Å². The molecule has 0 radical (unpaired) electrons. The van der Waals surface area contributed by atoms with Crippen molar-refractivity contribution in [2.45, 2.75) is 19.8 Å². The zero-order valence-electron chi connectivity index (χ0n) is 8.61. The van der Waals surface area contributed by atoms with Gasteiger partial charge in [-0.3, -0.25) is 0 Å². The second-order valence-corrected chi connectivity index (χ2v) is 3.59. The largest absolute Gasteiger partial charge is 0.383 e. The van der Waals surface area contributed by atoms with E-state index < -0.39 is 12.0 Å². The van der Waals surface area contributed by atoms with Gasteiger partial charge in [-0.2, -0.15) is 8.78 Å². The van der Waals surface area contributed by atoms with Gasteiger partial charge in [0.25, 0.3) is 6.08 Å². The van der Waals surface area contributed by atoms with Crippen molar-refractivity contribution in [3.63, 3.8) is 0 Å². The van der Waals surface area contributed by atoms with Gasteiger partial charge in [0.2, 0.25) is 0 Å². The predicted octanol–water partition coefficient (Wildman–Crippen LogP) is 2.58. The zero-order chi connectivity index (χ0) is 11.4. The minimum absolute atomic E-state index is 0.0137. The van der Waals surface area contributed by atoms with E-state index in [0.29, 0.717) is 5.56 Å². The number of halogens is 2. The Labute approximate surface area is 87.0 Å². The van der Waals surface area contributed by atoms with Crippen molar-refractivity contribution in [2.24, 2.45) is 5.92 Å². The van der Waals surface area contributed by atoms with E-state index in [-0.39, 0.29) is 11.7 Å². The van der Waals surface area contributed by atoms with E-state index in [1.54, 1.807) is 0 Å². The predicted molar refractivity (Wildman–Crippen MR) is 54.3 cm³/mol. The number of hydrogen-bond donors (Lipinski definition) is 1. The molecule has 2 N–H and O–H groups in total. The molecule has 1 unspecified atom stereocenters. The highest BCUT2D eigenvalue weighted by atomic mass is 19.3. The van der Waals surface area contributed by atoms with Gasteiger partial charge in [0.05, 0.1) is 0 Å². The van der Waals surface area contributed by atoms with Crippen molar-refractivity contribution < 1.29 is 8.78 Å². The third kappa shape index (κ3) is 2.97. The molecule has 0 amide bonds. The van der Waals surface area contributed by atoms with Crippen LogP contribution in [0.1, 0.15) is 25.3 Å². The Hall–Kier alpha value is -1.52. The maximum Gasteiger partial charge on any atom is 0.266 e. The molecule has 0 saturated carbocycles. The number of hydrogen-bond acceptors (Lipinski definition) is 3. The van der Waals surface area contributed by atoms with Crippen LogP contribution in [0.15, 0.2) is 24.7 Å². The van der Waals surface area contributed by atoms with Gasteiger partial charge < -0.3 is 5.73 Å². The Morgan fingerprint density at radius 1 is 1.47 bits per heavy atom. The maximum absolute atomic E-state index is 12.2. The van der Waals surface area contributed by atoms with Crippen molar-refractivity contribution in [3.8, 4) is 0 Å². The van der Waals surface area contributed by atoms with Crippen molar-refractivity contribution in [1.82, 2.24) is 9.97 Å². The Balaban J connectivity index is 3.10. The number of rotatable bonds is 3. The van der Waals surface area contributed by atoms with E-state index in [1.165, 1.54) is 12.5 Å². The zero-order valence-corrected chi connectivity index (χ0v) is 8.61. The van der Waals surface area contributed by atoms with E-state index in [9.17, 15) is 8.78 Å². The average molecular weight is 213 g/mol. The summed E-state index contributed by atoms with van der Waals surface area (Å²) in [4.78, 5) is 7.57. The summed E-state index contributed by atoms with van der Waals surface area (Å²) < 4.78 is 24.5. The molecule has 0 aliphatic rings. The minimum Gasteiger partial charge on any atom is -0.383 e. The lowest BCUT2D eigenvalue weighted by atomic mass is 9.89. The maximum atomic E-state index is 12.2. The minimum atomic E-state index is -1.71. The van der Waals surface area contributed by atoms with E-state index in [0.717, 1.165) is 6.08 Å². The molecule has 1 atom stereocenters. The first-order valence-electron chi connectivity index (χ1n) is 4.60. The fourth-order valence-corrected chi connectivity index (χ4v) is 1.38. The van der Waals surface area contributed by atoms with Gasteiger partial charge in [0, 0.05) is 17.7 Å². The number of allylic oxidation sites excluding steroid dienone is 1. The summed E-state index contributed by atoms with van der Waals surface area (Å²) in [5.74, 6) is -0.183. The van der Waals surface area contributed by atoms with Gasteiger partial charge in [-0.25, -0.2) is 9.97 Å². The number of aromatic nitrogens is 2. The molecule has 0 fully saturated rings. The molecule has 15 heavy (non-hydrogen) atoms. The fourth-order valence-electron chi connectivity index (χ4n) is 1.38. The second kappa shape index (κ2) is 4.82. The summed E-state index contributed by atoms with van der Waals surface area (Å²) in [6.07, 6.45) is 1.95. The van der Waals surface area contributed by atoms with Gasteiger partial charge >= 0.3 is 0 Å². The average Bonchev–Trinajstić information content (AvgIpc) is 2.15. The van der Waals surface area contributed by atoms with Crippen molar-refractivity contribution in [2.75, 3.05) is 5.73 Å². The van der Waals surface area contributed by atoms with Crippen LogP contribution in [-0.4, -0.2) is 9.97 Å². The molecule has 1 aromatic heterocycles. The summed E-state index contributed by atoms with van der Waals surface area (Å²) in [5, 5.41) is 0. The van der Waals surface area contributed by atoms with Crippen LogP contribution in [0, 0.1) is 5.92 Å². The van der Waals surface area contributed by atoms with Crippen molar-refractivity contribution in [3.05, 3.63) is 30.2 Å². The first-order chi connectivity index (χ1) is 7.02. The molecule has 0 aromatic carbocycles. The molecule has 0 aliphatic heterocycles. The van der Waals surface area contributed by atoms with Crippen LogP contribution in [0.3, 0.4) is 0 Å². The first-order valence-corrected chi connectivity index (χ1v) is 4.60. The molecular weight excluding hydrogens is 200 g/mol. The highest BCUT2D eigenvalue weighted by molar-refractivity contribution is 5.41. The van der Waals surface area contributed by atoms with E-state index >= 15 is 0 Å². The van der Waals surface area contributed by atoms with Crippen molar-refractivity contribution >= 4 is 5.82 Å². The molecule has 3 nitrogen and oxygen atoms in total. The Morgan fingerprint density at radius 2 is 2.13 bits per heavy atom. The lowest BCUT2D eigenvalue weighted by Crippen LogP contribution is -2.09. The highest BCUT2D eigenvalue weighted by Crippen LogP contribution is 2.29. The Bertz CT molecular complexity index is 359. The van der Waals surface area contributed by atoms with Crippen LogP contribution in [0.5, 0.6) is 0 Å². The second-order valence-electron chi connectivity index (χ2n) is 3.59. The standard InChI is InChI=1S/C10H13F2N3/c1-6(2)7(3-9(11)12)8-4-14-5-15-10(8)13/h3-7H,1-2H3,(H2,13,14,15). The van der Waals surface area contributed by atoms with Gasteiger partial charge in [0.1, 0.15) is 12.1 Å². The molecule has 0 bridgehead atoms. The Kier molecular flexibility index (Phi) is 3.71. The van der Waals surface area contributed by atoms with E-state index in [4.69, 9.17) is 5.73 Å². The third-order valence-corrected chi connectivity index (χ3v) is 2.16. The van der Waals surface area contributed by atoms with Crippen molar-refractivity contribution in [1.29, 1.82) is 0 Å². The Morgan fingerprint density at radius 3 is 2.60 bits per heavy atom. The summed E-state index contributed by atoms with van der Waals surface area (Å²) in [6, 6.07) is 0. The topological polar surface area (TPSA) is 51.8 Å². The number of nitrogen functional groups attached to an aromatic ring is 1. The summed E-state index contributed by atoms with van der Waals surface area (Å²) in [7, 11) is 0. The SMILES string of the molecule is CC(C)C(C=C(F)F)c1cncnc1N. The molecule has 1 rings (SSSR count). The molecule has 1 aromatic rings. The number of nitrogens with zero attached hydrogens (tertiary/aromatic N) is 2. The molecule has 0 saturated heterocycles. The highest BCUT2D eigenvalue weighted by Gasteiger charge is 2.18. The molecule has 1 heterocycles. The fraction of sp³-hybridized carbons (Fsp3) is 0.400. The van der Waals surface area contributed by atoms with Gasteiger partial charge in [-0.1, -0.05) is 13.8 Å². The van der Waals surface area contributed by atoms with Crippen LogP contribution in [-0.2, 0) is 0 Å². The van der Waals surface area contributed by atoms with Gasteiger partial charge in [-0.05, 0) is 12.0 Å². The van der Waals surface area contributed by atoms with Crippen LogP contribution < -0.4 is 5.73 Å². The number of anilines is 1. The summed E-state index contributed by atoms with van der Waals surface area (Å²) >= 11 is 0. The molecule has 5 heteroatoms. The lowest BCUT2D eigenvalue weighted by Gasteiger charge is -2.17. The summed E-state index contributed by atoms with van der Waals surface area (Å²) in [5.41, 5.74) is 6.15. The third-order valence-electron chi connectivity index (χ3n) is 2.16. The van der Waals surface area contributed by atoms with Crippen LogP contribution in [0.25, 0.3) is 0 Å². The number of nitrogens with two attached hydrogens (primary N) is 1. The molecular formula is C10H13F2N3. The molecule has 0 spiro atoms. The molecule has 0 aliphatic carbocycles. The summed E-state index contributed by atoms with van der Waals surface area (Å²) in [6.45, 7) is 3.69. The van der Waals surface area contributed by atoms with E-state index in [1.807, 2.05) is 13.8 Å². The quantitative estimate of drug-likeness (QED) is 0.839. The lowest BCUT2D eigenvalue weighted by molar-refractivity contribution is 0.407. The normalized spacial score (nSPS) is 12.6. The van der Waals surface area contributed by atoms with Gasteiger partial charge in [-0.15, -0.1) is 0 Å². The molecule has 82 valence electrons. The van der Waals surface area contributed by atoms with Gasteiger partial charge in [0.15, 0.2) is 0 Å².